The Morgan fingerprint density at radius 1 is 0.838 bits per heavy atom. The molecule has 3 aromatic carbocycles. The molecule has 0 aliphatic carbocycles. The maximum absolute atomic E-state index is 13.6. The number of rotatable bonds is 6. The van der Waals surface area contributed by atoms with Gasteiger partial charge in [-0.3, -0.25) is 9.36 Å². The van der Waals surface area contributed by atoms with E-state index in [1.165, 1.54) is 23.0 Å². The van der Waals surface area contributed by atoms with Crippen molar-refractivity contribution >= 4 is 22.8 Å². The lowest BCUT2D eigenvalue weighted by Crippen LogP contribution is -2.40. The number of aryl methyl sites for hydroxylation is 1. The zero-order valence-electron chi connectivity index (χ0n) is 19.3. The maximum atomic E-state index is 13.6. The average Bonchev–Trinajstić information content (AvgIpc) is 3.29. The molecular formula is C27H20ClF3N4O2. The van der Waals surface area contributed by atoms with Crippen LogP contribution in [0.1, 0.15) is 16.7 Å². The zero-order valence-corrected chi connectivity index (χ0v) is 20.1. The Morgan fingerprint density at radius 3 is 2.16 bits per heavy atom. The molecule has 2 heterocycles. The third-order valence-corrected chi connectivity index (χ3v) is 6.34. The van der Waals surface area contributed by atoms with Gasteiger partial charge in [-0.2, -0.15) is 13.2 Å². The van der Waals surface area contributed by atoms with Crippen LogP contribution in [0.2, 0.25) is 5.02 Å². The summed E-state index contributed by atoms with van der Waals surface area (Å²) in [6.07, 6.45) is -2.58. The normalized spacial score (nSPS) is 11.8. The van der Waals surface area contributed by atoms with E-state index in [1.807, 2.05) is 30.3 Å². The fourth-order valence-corrected chi connectivity index (χ4v) is 4.33. The smallest absolute Gasteiger partial charge is 0.320 e. The van der Waals surface area contributed by atoms with Crippen LogP contribution >= 0.6 is 11.6 Å². The van der Waals surface area contributed by atoms with E-state index >= 15 is 0 Å². The SMILES string of the molecule is O=c1c2c(ncn2Cc2ccc(C(F)(F)F)cc2)n(-c2ccc(Cl)cc2)c(=O)n1CCc1ccccc1. The lowest BCUT2D eigenvalue weighted by Gasteiger charge is -2.13. The number of alkyl halides is 3. The van der Waals surface area contributed by atoms with E-state index in [0.29, 0.717) is 22.7 Å². The van der Waals surface area contributed by atoms with Gasteiger partial charge in [0.25, 0.3) is 5.56 Å². The van der Waals surface area contributed by atoms with Crippen molar-refractivity contribution in [2.45, 2.75) is 25.7 Å². The Hall–Kier alpha value is -4.11. The quantitative estimate of drug-likeness (QED) is 0.302. The van der Waals surface area contributed by atoms with Crippen molar-refractivity contribution in [3.8, 4) is 5.69 Å². The van der Waals surface area contributed by atoms with Gasteiger partial charge >= 0.3 is 11.9 Å². The zero-order chi connectivity index (χ0) is 26.2. The summed E-state index contributed by atoms with van der Waals surface area (Å²) in [4.78, 5) is 31.5. The van der Waals surface area contributed by atoms with Crippen LogP contribution in [0.3, 0.4) is 0 Å². The molecule has 0 aliphatic heterocycles. The number of fused-ring (bicyclic) bond motifs is 1. The first-order chi connectivity index (χ1) is 17.7. The molecule has 0 bridgehead atoms. The minimum Gasteiger partial charge on any atom is -0.320 e. The highest BCUT2D eigenvalue weighted by Gasteiger charge is 2.30. The van der Waals surface area contributed by atoms with E-state index in [2.05, 4.69) is 4.98 Å². The van der Waals surface area contributed by atoms with E-state index in [-0.39, 0.29) is 24.3 Å². The van der Waals surface area contributed by atoms with E-state index in [9.17, 15) is 22.8 Å². The number of hydrogen-bond donors (Lipinski definition) is 0. The lowest BCUT2D eigenvalue weighted by atomic mass is 10.1. The summed E-state index contributed by atoms with van der Waals surface area (Å²) in [6, 6.07) is 20.8. The number of hydrogen-bond acceptors (Lipinski definition) is 3. The van der Waals surface area contributed by atoms with Gasteiger partial charge in [0.05, 0.1) is 17.6 Å². The monoisotopic (exact) mass is 524 g/mol. The van der Waals surface area contributed by atoms with E-state index in [0.717, 1.165) is 22.3 Å². The van der Waals surface area contributed by atoms with Crippen molar-refractivity contribution in [2.75, 3.05) is 0 Å². The second-order valence-electron chi connectivity index (χ2n) is 8.53. The number of nitrogens with zero attached hydrogens (tertiary/aromatic N) is 4. The topological polar surface area (TPSA) is 61.8 Å². The molecule has 0 atom stereocenters. The largest absolute Gasteiger partial charge is 0.416 e. The van der Waals surface area contributed by atoms with Crippen LogP contribution < -0.4 is 11.2 Å². The van der Waals surface area contributed by atoms with E-state index in [1.54, 1.807) is 28.8 Å². The van der Waals surface area contributed by atoms with Crippen LogP contribution in [0.5, 0.6) is 0 Å². The van der Waals surface area contributed by atoms with Crippen molar-refractivity contribution in [3.05, 3.63) is 128 Å². The fraction of sp³-hybridized carbons (Fsp3) is 0.148. The number of halogens is 4. The summed E-state index contributed by atoms with van der Waals surface area (Å²) in [5, 5.41) is 0.485. The third-order valence-electron chi connectivity index (χ3n) is 6.09. The third kappa shape index (κ3) is 4.95. The molecule has 0 aliphatic rings. The van der Waals surface area contributed by atoms with Gasteiger partial charge in [-0.15, -0.1) is 0 Å². The molecule has 37 heavy (non-hydrogen) atoms. The highest BCUT2D eigenvalue weighted by atomic mass is 35.5. The summed E-state index contributed by atoms with van der Waals surface area (Å²) in [7, 11) is 0. The molecule has 10 heteroatoms. The van der Waals surface area contributed by atoms with Gasteiger partial charge < -0.3 is 4.57 Å². The Kier molecular flexibility index (Phi) is 6.47. The predicted molar refractivity (Wildman–Crippen MR) is 135 cm³/mol. The summed E-state index contributed by atoms with van der Waals surface area (Å²) >= 11 is 6.03. The molecule has 0 amide bonds. The molecular weight excluding hydrogens is 505 g/mol. The standard InChI is InChI=1S/C27H20ClF3N4O2/c28-21-10-12-22(13-11-21)35-24-23(25(36)34(26(35)37)15-14-18-4-2-1-3-5-18)33(17-32-24)16-19-6-8-20(9-7-19)27(29,30)31/h1-13,17H,14-16H2. The highest BCUT2D eigenvalue weighted by Crippen LogP contribution is 2.29. The number of imidazole rings is 1. The molecule has 0 saturated carbocycles. The minimum absolute atomic E-state index is 0.0986. The Balaban J connectivity index is 1.63. The van der Waals surface area contributed by atoms with Crippen LogP contribution in [-0.4, -0.2) is 18.7 Å². The summed E-state index contributed by atoms with van der Waals surface area (Å²) in [5.74, 6) is 0. The van der Waals surface area contributed by atoms with Crippen LogP contribution in [0.15, 0.2) is 94.8 Å². The molecule has 0 saturated heterocycles. The molecule has 5 rings (SSSR count). The fourth-order valence-electron chi connectivity index (χ4n) is 4.20. The van der Waals surface area contributed by atoms with Crippen LogP contribution in [-0.2, 0) is 25.7 Å². The van der Waals surface area contributed by atoms with E-state index < -0.39 is 23.0 Å². The second-order valence-corrected chi connectivity index (χ2v) is 8.96. The van der Waals surface area contributed by atoms with Crippen molar-refractivity contribution in [1.82, 2.24) is 18.7 Å². The molecule has 5 aromatic rings. The summed E-state index contributed by atoms with van der Waals surface area (Å²) in [6.45, 7) is 0.234. The van der Waals surface area contributed by atoms with Crippen molar-refractivity contribution < 1.29 is 13.2 Å². The Labute approximate surface area is 213 Å². The van der Waals surface area contributed by atoms with Crippen molar-refractivity contribution in [3.63, 3.8) is 0 Å². The average molecular weight is 525 g/mol. The van der Waals surface area contributed by atoms with Crippen LogP contribution in [0, 0.1) is 0 Å². The van der Waals surface area contributed by atoms with Crippen molar-refractivity contribution in [2.24, 2.45) is 0 Å². The molecule has 0 spiro atoms. The van der Waals surface area contributed by atoms with Gasteiger partial charge in [0.15, 0.2) is 11.2 Å². The van der Waals surface area contributed by atoms with Gasteiger partial charge in [-0.05, 0) is 53.9 Å². The Bertz CT molecular complexity index is 1670. The van der Waals surface area contributed by atoms with Gasteiger partial charge in [-0.1, -0.05) is 54.1 Å². The summed E-state index contributed by atoms with van der Waals surface area (Å²) in [5.41, 5.74) is 0.486. The number of aromatic nitrogens is 4. The second kappa shape index (κ2) is 9.74. The molecule has 188 valence electrons. The van der Waals surface area contributed by atoms with Gasteiger partial charge in [0, 0.05) is 18.1 Å². The van der Waals surface area contributed by atoms with Gasteiger partial charge in [0.2, 0.25) is 0 Å². The Morgan fingerprint density at radius 2 is 1.51 bits per heavy atom. The number of benzene rings is 3. The van der Waals surface area contributed by atoms with Crippen molar-refractivity contribution in [1.29, 1.82) is 0 Å². The summed E-state index contributed by atoms with van der Waals surface area (Å²) < 4.78 is 43.0. The highest BCUT2D eigenvalue weighted by molar-refractivity contribution is 6.30. The lowest BCUT2D eigenvalue weighted by molar-refractivity contribution is -0.137. The van der Waals surface area contributed by atoms with Crippen LogP contribution in [0.25, 0.3) is 16.9 Å². The van der Waals surface area contributed by atoms with Crippen LogP contribution in [0.4, 0.5) is 13.2 Å². The van der Waals surface area contributed by atoms with Gasteiger partial charge in [0.1, 0.15) is 0 Å². The molecule has 6 nitrogen and oxygen atoms in total. The van der Waals surface area contributed by atoms with Gasteiger partial charge in [-0.25, -0.2) is 14.3 Å². The molecule has 0 fully saturated rings. The maximum Gasteiger partial charge on any atom is 0.416 e. The first-order valence-corrected chi connectivity index (χ1v) is 11.8. The first kappa shape index (κ1) is 24.6. The van der Waals surface area contributed by atoms with E-state index in [4.69, 9.17) is 11.6 Å². The molecule has 0 radical (unpaired) electrons. The first-order valence-electron chi connectivity index (χ1n) is 11.4. The molecule has 0 N–H and O–H groups in total. The predicted octanol–water partition coefficient (Wildman–Crippen LogP) is 5.31. The molecule has 2 aromatic heterocycles. The molecule has 0 unspecified atom stereocenters. The minimum atomic E-state index is -4.44.